The van der Waals surface area contributed by atoms with Gasteiger partial charge in [0.15, 0.2) is 16.6 Å². The molecule has 2 atom stereocenters. The number of hydrogen-bond donors (Lipinski definition) is 0. The number of hydrogen-bond acceptors (Lipinski definition) is 3. The molecule has 0 fully saturated rings. The summed E-state index contributed by atoms with van der Waals surface area (Å²) in [6.07, 6.45) is 3.24. The molecule has 0 aromatic heterocycles. The van der Waals surface area contributed by atoms with Crippen molar-refractivity contribution in [2.45, 2.75) is 130 Å². The molecule has 0 spiro atoms. The summed E-state index contributed by atoms with van der Waals surface area (Å²) in [5.74, 6) is 11.0. The van der Waals surface area contributed by atoms with Crippen LogP contribution in [0.1, 0.15) is 81.1 Å². The van der Waals surface area contributed by atoms with Crippen LogP contribution in [0.4, 0.5) is 0 Å². The molecular formula is C25H46O3Si2. The molecule has 0 rings (SSSR count). The van der Waals surface area contributed by atoms with E-state index in [2.05, 4.69) is 98.3 Å². The number of carbonyl (C=O) groups is 1. The second kappa shape index (κ2) is 11.7. The van der Waals surface area contributed by atoms with Gasteiger partial charge < -0.3 is 8.85 Å². The lowest BCUT2D eigenvalue weighted by atomic mass is 10.1. The third-order valence-corrected chi connectivity index (χ3v) is 15.4. The Bertz CT molecular complexity index is 674. The van der Waals surface area contributed by atoms with Crippen LogP contribution in [0.25, 0.3) is 0 Å². The maximum Gasteiger partial charge on any atom is 0.279 e. The number of Topliss-reactive ketones (excluding diaryl/α,β-unsaturated/α-hetero) is 1. The van der Waals surface area contributed by atoms with Crippen molar-refractivity contribution in [3.8, 4) is 23.7 Å². The smallest absolute Gasteiger partial charge is 0.279 e. The molecule has 0 radical (unpaired) electrons. The molecule has 0 aliphatic carbocycles. The van der Waals surface area contributed by atoms with Crippen LogP contribution in [0.3, 0.4) is 0 Å². The maximum absolute atomic E-state index is 12.0. The summed E-state index contributed by atoms with van der Waals surface area (Å²) < 4.78 is 12.8. The number of rotatable bonds is 8. The fourth-order valence-electron chi connectivity index (χ4n) is 2.39. The summed E-state index contributed by atoms with van der Waals surface area (Å²) in [5.41, 5.74) is 0. The molecule has 0 unspecified atom stereocenters. The number of ketones is 1. The van der Waals surface area contributed by atoms with Gasteiger partial charge in [-0.15, -0.1) is 0 Å². The van der Waals surface area contributed by atoms with Crippen molar-refractivity contribution >= 4 is 22.4 Å². The molecule has 5 heteroatoms. The van der Waals surface area contributed by atoms with Gasteiger partial charge in [0.1, 0.15) is 0 Å². The third kappa shape index (κ3) is 10.4. The highest BCUT2D eigenvalue weighted by atomic mass is 28.4. The fourth-order valence-corrected chi connectivity index (χ4v) is 5.22. The van der Waals surface area contributed by atoms with E-state index in [0.29, 0.717) is 12.8 Å². The Balaban J connectivity index is 4.81. The second-order valence-electron chi connectivity index (χ2n) is 11.3. The largest absolute Gasteiger partial charge is 0.413 e. The zero-order valence-corrected chi connectivity index (χ0v) is 23.7. The molecule has 0 N–H and O–H groups in total. The SMILES string of the molecule is CCC[C@@H](CC#CC(=O)C#CC[C@H](C)O[Si](C)(C)C(C)(C)C)O[Si](C)(C)C(C)(C)C. The molecule has 0 aliphatic rings. The zero-order chi connectivity index (χ0) is 23.8. The van der Waals surface area contributed by atoms with E-state index in [1.807, 2.05) is 6.92 Å². The Hall–Kier alpha value is -0.856. The van der Waals surface area contributed by atoms with E-state index in [1.165, 1.54) is 0 Å². The van der Waals surface area contributed by atoms with Gasteiger partial charge in [-0.3, -0.25) is 4.79 Å². The highest BCUT2D eigenvalue weighted by Gasteiger charge is 2.39. The molecular weight excluding hydrogens is 404 g/mol. The van der Waals surface area contributed by atoms with Gasteiger partial charge in [0.2, 0.25) is 0 Å². The highest BCUT2D eigenvalue weighted by Crippen LogP contribution is 2.38. The van der Waals surface area contributed by atoms with E-state index in [-0.39, 0.29) is 28.1 Å². The molecule has 0 saturated heterocycles. The van der Waals surface area contributed by atoms with Crippen LogP contribution in [0, 0.1) is 23.7 Å². The van der Waals surface area contributed by atoms with Crippen molar-refractivity contribution < 1.29 is 13.6 Å². The van der Waals surface area contributed by atoms with Crippen molar-refractivity contribution in [2.75, 3.05) is 0 Å². The topological polar surface area (TPSA) is 35.5 Å². The van der Waals surface area contributed by atoms with Gasteiger partial charge in [-0.05, 0) is 61.5 Å². The van der Waals surface area contributed by atoms with E-state index in [4.69, 9.17) is 8.85 Å². The van der Waals surface area contributed by atoms with E-state index in [0.717, 1.165) is 12.8 Å². The van der Waals surface area contributed by atoms with Crippen LogP contribution in [-0.4, -0.2) is 34.6 Å². The Kier molecular flexibility index (Phi) is 11.3. The van der Waals surface area contributed by atoms with E-state index >= 15 is 0 Å². The zero-order valence-electron chi connectivity index (χ0n) is 21.7. The molecule has 0 saturated carbocycles. The molecule has 3 nitrogen and oxygen atoms in total. The van der Waals surface area contributed by atoms with Crippen LogP contribution >= 0.6 is 0 Å². The molecule has 30 heavy (non-hydrogen) atoms. The van der Waals surface area contributed by atoms with Gasteiger partial charge in [0.05, 0.1) is 12.2 Å². The lowest BCUT2D eigenvalue weighted by Crippen LogP contribution is -2.43. The minimum absolute atomic E-state index is 0.0195. The summed E-state index contributed by atoms with van der Waals surface area (Å²) in [6, 6.07) is 0. The van der Waals surface area contributed by atoms with Crippen molar-refractivity contribution in [3.05, 3.63) is 0 Å². The van der Waals surface area contributed by atoms with Gasteiger partial charge in [0, 0.05) is 12.8 Å². The van der Waals surface area contributed by atoms with Crippen LogP contribution < -0.4 is 0 Å². The Morgan fingerprint density at radius 3 is 1.70 bits per heavy atom. The third-order valence-electron chi connectivity index (χ3n) is 6.30. The lowest BCUT2D eigenvalue weighted by Gasteiger charge is -2.39. The van der Waals surface area contributed by atoms with Gasteiger partial charge in [-0.25, -0.2) is 0 Å². The molecule has 0 aliphatic heterocycles. The first kappa shape index (κ1) is 29.1. The first-order chi connectivity index (χ1) is 13.4. The Morgan fingerprint density at radius 1 is 0.833 bits per heavy atom. The maximum atomic E-state index is 12.0. The van der Waals surface area contributed by atoms with Gasteiger partial charge in [-0.2, -0.15) is 0 Å². The molecule has 0 heterocycles. The van der Waals surface area contributed by atoms with Crippen molar-refractivity contribution in [1.82, 2.24) is 0 Å². The van der Waals surface area contributed by atoms with Crippen LogP contribution in [0.5, 0.6) is 0 Å². The molecule has 0 aromatic rings. The molecule has 172 valence electrons. The average Bonchev–Trinajstić information content (AvgIpc) is 2.51. The van der Waals surface area contributed by atoms with Gasteiger partial charge in [0.25, 0.3) is 5.78 Å². The van der Waals surface area contributed by atoms with Crippen molar-refractivity contribution in [3.63, 3.8) is 0 Å². The minimum Gasteiger partial charge on any atom is -0.413 e. The van der Waals surface area contributed by atoms with E-state index in [1.54, 1.807) is 0 Å². The monoisotopic (exact) mass is 450 g/mol. The lowest BCUT2D eigenvalue weighted by molar-refractivity contribution is -0.108. The van der Waals surface area contributed by atoms with Gasteiger partial charge in [-0.1, -0.05) is 66.7 Å². The molecule has 0 amide bonds. The highest BCUT2D eigenvalue weighted by molar-refractivity contribution is 6.74. The van der Waals surface area contributed by atoms with E-state index < -0.39 is 16.6 Å². The second-order valence-corrected chi connectivity index (χ2v) is 20.8. The summed E-state index contributed by atoms with van der Waals surface area (Å²) in [6.45, 7) is 26.5. The predicted molar refractivity (Wildman–Crippen MR) is 135 cm³/mol. The first-order valence-electron chi connectivity index (χ1n) is 11.3. The van der Waals surface area contributed by atoms with Crippen molar-refractivity contribution in [2.24, 2.45) is 0 Å². The molecule has 0 bridgehead atoms. The standard InChI is InChI=1S/C25H46O3Si2/c1-13-16-23(28-30(11,12)25(6,7)8)20-15-19-22(26)18-14-17-21(2)27-29(9,10)24(3,4)5/h21,23H,13,16-17,20H2,1-12H3/t21-,23-/m0/s1. The first-order valence-corrected chi connectivity index (χ1v) is 17.1. The summed E-state index contributed by atoms with van der Waals surface area (Å²) in [5, 5.41) is 0.328. The van der Waals surface area contributed by atoms with Crippen molar-refractivity contribution in [1.29, 1.82) is 0 Å². The Morgan fingerprint density at radius 2 is 1.27 bits per heavy atom. The normalized spacial score (nSPS) is 14.8. The van der Waals surface area contributed by atoms with Crippen LogP contribution in [0.15, 0.2) is 0 Å². The minimum atomic E-state index is -1.84. The van der Waals surface area contributed by atoms with Gasteiger partial charge >= 0.3 is 0 Å². The summed E-state index contributed by atoms with van der Waals surface area (Å²) in [4.78, 5) is 12.0. The van der Waals surface area contributed by atoms with Crippen LogP contribution in [0.2, 0.25) is 36.3 Å². The van der Waals surface area contributed by atoms with E-state index in [9.17, 15) is 4.79 Å². The summed E-state index contributed by atoms with van der Waals surface area (Å²) in [7, 11) is -3.65. The predicted octanol–water partition coefficient (Wildman–Crippen LogP) is 6.94. The number of carbonyl (C=O) groups excluding carboxylic acids is 1. The quantitative estimate of drug-likeness (QED) is 0.228. The molecule has 0 aromatic carbocycles. The average molecular weight is 451 g/mol. The fraction of sp³-hybridized carbons (Fsp3) is 0.800. The van der Waals surface area contributed by atoms with Crippen LogP contribution in [-0.2, 0) is 13.6 Å². The Labute approximate surface area is 189 Å². The summed E-state index contributed by atoms with van der Waals surface area (Å²) >= 11 is 0.